The monoisotopic (exact) mass is 368 g/mol. The number of hydrogen-bond donors (Lipinski definition) is 2. The van der Waals surface area contributed by atoms with E-state index in [0.29, 0.717) is 5.82 Å². The van der Waals surface area contributed by atoms with Crippen molar-refractivity contribution in [3.8, 4) is 22.9 Å². The molecule has 2 N–H and O–H groups in total. The molecule has 1 atom stereocenters. The second-order valence-corrected chi connectivity index (χ2v) is 6.24. The normalized spacial score (nSPS) is 11.9. The Kier molecular flexibility index (Phi) is 5.07. The highest BCUT2D eigenvalue weighted by Gasteiger charge is 2.22. The molecule has 0 bridgehead atoms. The van der Waals surface area contributed by atoms with Gasteiger partial charge in [0.15, 0.2) is 17.2 Å². The molecule has 0 radical (unpaired) electrons. The van der Waals surface area contributed by atoms with Gasteiger partial charge in [0.25, 0.3) is 5.91 Å². The van der Waals surface area contributed by atoms with Crippen molar-refractivity contribution in [2.45, 2.75) is 26.8 Å². The molecule has 140 valence electrons. The standard InChI is InChI=1S/C19H20N4O4/c1-10-7-11(2)9-13(8-10)17-22-19(27-23-17)12(3)21-18(25)15-16(24)14(26-4)5-6-20-15/h5-9,12,24H,1-4H3,(H,21,25)/t12-/m0/s1. The number of pyridine rings is 1. The minimum absolute atomic E-state index is 0.143. The van der Waals surface area contributed by atoms with Crippen LogP contribution in [-0.2, 0) is 0 Å². The van der Waals surface area contributed by atoms with Crippen molar-refractivity contribution in [1.82, 2.24) is 20.4 Å². The maximum absolute atomic E-state index is 12.4. The van der Waals surface area contributed by atoms with Crippen molar-refractivity contribution in [1.29, 1.82) is 0 Å². The summed E-state index contributed by atoms with van der Waals surface area (Å²) < 4.78 is 10.3. The Labute approximate surface area is 156 Å². The van der Waals surface area contributed by atoms with E-state index < -0.39 is 11.9 Å². The SMILES string of the molecule is COc1ccnc(C(=O)N[C@@H](C)c2nc(-c3cc(C)cc(C)c3)no2)c1O. The summed E-state index contributed by atoms with van der Waals surface area (Å²) >= 11 is 0. The number of amides is 1. The highest BCUT2D eigenvalue weighted by Crippen LogP contribution is 2.28. The molecule has 2 aromatic heterocycles. The zero-order chi connectivity index (χ0) is 19.6. The molecule has 0 aliphatic carbocycles. The van der Waals surface area contributed by atoms with Crippen LogP contribution in [0.5, 0.6) is 11.5 Å². The van der Waals surface area contributed by atoms with E-state index in [2.05, 4.69) is 26.5 Å². The number of methoxy groups -OCH3 is 1. The summed E-state index contributed by atoms with van der Waals surface area (Å²) in [4.78, 5) is 20.7. The molecule has 0 fully saturated rings. The lowest BCUT2D eigenvalue weighted by molar-refractivity contribution is 0.0923. The summed E-state index contributed by atoms with van der Waals surface area (Å²) in [5, 5.41) is 16.7. The number of nitrogens with one attached hydrogen (secondary N) is 1. The minimum atomic E-state index is -0.579. The van der Waals surface area contributed by atoms with Gasteiger partial charge in [-0.15, -0.1) is 0 Å². The van der Waals surface area contributed by atoms with E-state index in [0.717, 1.165) is 16.7 Å². The first-order chi connectivity index (χ1) is 12.9. The van der Waals surface area contributed by atoms with Crippen LogP contribution in [0.25, 0.3) is 11.4 Å². The van der Waals surface area contributed by atoms with E-state index in [4.69, 9.17) is 9.26 Å². The molecule has 0 saturated carbocycles. The Hall–Kier alpha value is -3.42. The van der Waals surface area contributed by atoms with Crippen molar-refractivity contribution in [3.63, 3.8) is 0 Å². The van der Waals surface area contributed by atoms with Gasteiger partial charge >= 0.3 is 0 Å². The Bertz CT molecular complexity index is 963. The van der Waals surface area contributed by atoms with Crippen LogP contribution in [0.4, 0.5) is 0 Å². The van der Waals surface area contributed by atoms with Gasteiger partial charge in [0.1, 0.15) is 6.04 Å². The van der Waals surface area contributed by atoms with Gasteiger partial charge in [0, 0.05) is 17.8 Å². The van der Waals surface area contributed by atoms with Gasteiger partial charge in [-0.05, 0) is 32.9 Å². The Morgan fingerprint density at radius 3 is 2.63 bits per heavy atom. The summed E-state index contributed by atoms with van der Waals surface area (Å²) in [6, 6.07) is 6.87. The van der Waals surface area contributed by atoms with Gasteiger partial charge < -0.3 is 19.7 Å². The molecule has 1 aromatic carbocycles. The predicted octanol–water partition coefficient (Wildman–Crippen LogP) is 2.95. The van der Waals surface area contributed by atoms with Crippen molar-refractivity contribution in [2.75, 3.05) is 7.11 Å². The number of aryl methyl sites for hydroxylation is 2. The van der Waals surface area contributed by atoms with Crippen LogP contribution < -0.4 is 10.1 Å². The summed E-state index contributed by atoms with van der Waals surface area (Å²) in [5.41, 5.74) is 2.89. The summed E-state index contributed by atoms with van der Waals surface area (Å²) in [6.45, 7) is 5.69. The first kappa shape index (κ1) is 18.4. The number of nitrogens with zero attached hydrogens (tertiary/aromatic N) is 3. The molecule has 27 heavy (non-hydrogen) atoms. The molecule has 0 unspecified atom stereocenters. The van der Waals surface area contributed by atoms with Crippen LogP contribution in [0.15, 0.2) is 35.0 Å². The number of aromatic hydroxyl groups is 1. The van der Waals surface area contributed by atoms with Crippen LogP contribution in [0.3, 0.4) is 0 Å². The molecule has 0 spiro atoms. The van der Waals surface area contributed by atoms with Crippen LogP contribution in [0.2, 0.25) is 0 Å². The lowest BCUT2D eigenvalue weighted by Crippen LogP contribution is -2.27. The first-order valence-electron chi connectivity index (χ1n) is 8.34. The molecule has 0 aliphatic heterocycles. The first-order valence-corrected chi connectivity index (χ1v) is 8.34. The minimum Gasteiger partial charge on any atom is -0.503 e. The number of benzene rings is 1. The van der Waals surface area contributed by atoms with Gasteiger partial charge in [-0.3, -0.25) is 4.79 Å². The molecule has 3 aromatic rings. The smallest absolute Gasteiger partial charge is 0.274 e. The van der Waals surface area contributed by atoms with E-state index in [9.17, 15) is 9.90 Å². The maximum Gasteiger partial charge on any atom is 0.274 e. The molecular formula is C19H20N4O4. The van der Waals surface area contributed by atoms with Crippen LogP contribution in [0.1, 0.15) is 40.5 Å². The van der Waals surface area contributed by atoms with Crippen LogP contribution >= 0.6 is 0 Å². The molecule has 0 aliphatic rings. The fourth-order valence-electron chi connectivity index (χ4n) is 2.73. The number of ether oxygens (including phenoxy) is 1. The van der Waals surface area contributed by atoms with E-state index >= 15 is 0 Å². The molecular weight excluding hydrogens is 348 g/mol. The third kappa shape index (κ3) is 3.89. The Balaban J connectivity index is 1.78. The van der Waals surface area contributed by atoms with Crippen molar-refractivity contribution in [3.05, 3.63) is 53.2 Å². The van der Waals surface area contributed by atoms with Gasteiger partial charge in [-0.1, -0.05) is 22.3 Å². The summed E-state index contributed by atoms with van der Waals surface area (Å²) in [6.07, 6.45) is 1.38. The van der Waals surface area contributed by atoms with Gasteiger partial charge in [-0.2, -0.15) is 4.98 Å². The highest BCUT2D eigenvalue weighted by molar-refractivity contribution is 5.95. The van der Waals surface area contributed by atoms with E-state index in [1.807, 2.05) is 26.0 Å². The Morgan fingerprint density at radius 2 is 1.96 bits per heavy atom. The largest absolute Gasteiger partial charge is 0.503 e. The molecule has 8 nitrogen and oxygen atoms in total. The van der Waals surface area contributed by atoms with E-state index in [1.54, 1.807) is 6.92 Å². The summed E-state index contributed by atoms with van der Waals surface area (Å²) in [5.74, 6) is -0.0472. The fraction of sp³-hybridized carbons (Fsp3) is 0.263. The zero-order valence-corrected chi connectivity index (χ0v) is 15.5. The molecule has 0 saturated heterocycles. The molecule has 8 heteroatoms. The van der Waals surface area contributed by atoms with Gasteiger partial charge in [0.05, 0.1) is 7.11 Å². The van der Waals surface area contributed by atoms with Crippen molar-refractivity contribution < 1.29 is 19.2 Å². The molecule has 1 amide bonds. The van der Waals surface area contributed by atoms with Crippen molar-refractivity contribution >= 4 is 5.91 Å². The third-order valence-corrected chi connectivity index (χ3v) is 3.96. The average molecular weight is 368 g/mol. The molecule has 3 rings (SSSR count). The number of rotatable bonds is 5. The quantitative estimate of drug-likeness (QED) is 0.712. The van der Waals surface area contributed by atoms with Gasteiger partial charge in [0.2, 0.25) is 11.7 Å². The number of carbonyl (C=O) groups is 1. The third-order valence-electron chi connectivity index (χ3n) is 3.96. The summed E-state index contributed by atoms with van der Waals surface area (Å²) in [7, 11) is 1.40. The fourth-order valence-corrected chi connectivity index (χ4v) is 2.73. The van der Waals surface area contributed by atoms with E-state index in [-0.39, 0.29) is 23.1 Å². The average Bonchev–Trinajstić information content (AvgIpc) is 3.11. The van der Waals surface area contributed by atoms with E-state index in [1.165, 1.54) is 19.4 Å². The van der Waals surface area contributed by atoms with Crippen LogP contribution in [0, 0.1) is 13.8 Å². The van der Waals surface area contributed by atoms with Crippen molar-refractivity contribution in [2.24, 2.45) is 0 Å². The lowest BCUT2D eigenvalue weighted by atomic mass is 10.1. The zero-order valence-electron chi connectivity index (χ0n) is 15.5. The second-order valence-electron chi connectivity index (χ2n) is 6.24. The second kappa shape index (κ2) is 7.45. The van der Waals surface area contributed by atoms with Gasteiger partial charge in [-0.25, -0.2) is 4.98 Å². The maximum atomic E-state index is 12.4. The number of aromatic nitrogens is 3. The Morgan fingerprint density at radius 1 is 1.26 bits per heavy atom. The number of carbonyl (C=O) groups excluding carboxylic acids is 1. The molecule has 2 heterocycles. The topological polar surface area (TPSA) is 110 Å². The van der Waals surface area contributed by atoms with Crippen LogP contribution in [-0.4, -0.2) is 33.2 Å². The highest BCUT2D eigenvalue weighted by atomic mass is 16.5. The lowest BCUT2D eigenvalue weighted by Gasteiger charge is -2.11. The predicted molar refractivity (Wildman–Crippen MR) is 97.5 cm³/mol. The number of hydrogen-bond acceptors (Lipinski definition) is 7.